The lowest BCUT2D eigenvalue weighted by atomic mass is 10.1. The van der Waals surface area contributed by atoms with Crippen LogP contribution in [0.25, 0.3) is 0 Å². The number of carbonyl (C=O) groups excluding carboxylic acids is 1. The molecule has 0 heterocycles. The Balaban J connectivity index is 2.05. The summed E-state index contributed by atoms with van der Waals surface area (Å²) < 4.78 is 0.733. The molecule has 2 rings (SSSR count). The van der Waals surface area contributed by atoms with E-state index < -0.39 is 0 Å². The van der Waals surface area contributed by atoms with Gasteiger partial charge in [0, 0.05) is 10.2 Å². The summed E-state index contributed by atoms with van der Waals surface area (Å²) in [5, 5.41) is 12.1. The molecule has 0 atom stereocenters. The first-order chi connectivity index (χ1) is 9.04. The standard InChI is InChI=1S/C14H13BrN2O2/c15-12-8-10(16)4-5-13(12)17-14(19)7-9-2-1-3-11(18)6-9/h1-6,8,18H,7,16H2,(H,17,19). The number of halogens is 1. The Kier molecular flexibility index (Phi) is 4.06. The van der Waals surface area contributed by atoms with E-state index in [-0.39, 0.29) is 18.1 Å². The number of hydrogen-bond acceptors (Lipinski definition) is 3. The van der Waals surface area contributed by atoms with Crippen LogP contribution in [0, 0.1) is 0 Å². The Hall–Kier alpha value is -2.01. The number of benzene rings is 2. The number of phenolic OH excluding ortho intramolecular Hbond substituents is 1. The first-order valence-corrected chi connectivity index (χ1v) is 6.46. The molecule has 0 saturated carbocycles. The lowest BCUT2D eigenvalue weighted by Crippen LogP contribution is -2.14. The SMILES string of the molecule is Nc1ccc(NC(=O)Cc2cccc(O)c2)c(Br)c1. The monoisotopic (exact) mass is 320 g/mol. The summed E-state index contributed by atoms with van der Waals surface area (Å²) in [6.45, 7) is 0. The Morgan fingerprint density at radius 3 is 2.74 bits per heavy atom. The molecule has 0 fully saturated rings. The summed E-state index contributed by atoms with van der Waals surface area (Å²) in [5.74, 6) is -0.00460. The third-order valence-corrected chi connectivity index (χ3v) is 3.20. The van der Waals surface area contributed by atoms with Crippen LogP contribution in [-0.2, 0) is 11.2 Å². The molecule has 4 N–H and O–H groups in total. The molecule has 0 unspecified atom stereocenters. The molecule has 0 aliphatic carbocycles. The number of phenols is 1. The summed E-state index contributed by atoms with van der Waals surface area (Å²) in [4.78, 5) is 11.9. The second-order valence-electron chi connectivity index (χ2n) is 4.13. The second kappa shape index (κ2) is 5.75. The van der Waals surface area contributed by atoms with E-state index in [0.29, 0.717) is 11.4 Å². The van der Waals surface area contributed by atoms with Gasteiger partial charge >= 0.3 is 0 Å². The van der Waals surface area contributed by atoms with E-state index in [0.717, 1.165) is 10.0 Å². The molecule has 2 aromatic carbocycles. The van der Waals surface area contributed by atoms with Gasteiger partial charge in [-0.2, -0.15) is 0 Å². The molecule has 0 bridgehead atoms. The van der Waals surface area contributed by atoms with Crippen molar-refractivity contribution >= 4 is 33.2 Å². The van der Waals surface area contributed by atoms with Gasteiger partial charge in [-0.05, 0) is 51.8 Å². The Labute approximate surface area is 119 Å². The summed E-state index contributed by atoms with van der Waals surface area (Å²) in [6.07, 6.45) is 0.200. The van der Waals surface area contributed by atoms with E-state index in [1.54, 1.807) is 42.5 Å². The van der Waals surface area contributed by atoms with Crippen molar-refractivity contribution < 1.29 is 9.90 Å². The van der Waals surface area contributed by atoms with Crippen molar-refractivity contribution in [1.82, 2.24) is 0 Å². The van der Waals surface area contributed by atoms with Crippen LogP contribution in [0.5, 0.6) is 5.75 Å². The van der Waals surface area contributed by atoms with Gasteiger partial charge in [0.05, 0.1) is 12.1 Å². The molecule has 0 saturated heterocycles. The second-order valence-corrected chi connectivity index (χ2v) is 4.99. The van der Waals surface area contributed by atoms with E-state index in [2.05, 4.69) is 21.2 Å². The lowest BCUT2D eigenvalue weighted by molar-refractivity contribution is -0.115. The largest absolute Gasteiger partial charge is 0.508 e. The Morgan fingerprint density at radius 2 is 2.05 bits per heavy atom. The number of nitrogens with one attached hydrogen (secondary N) is 1. The van der Waals surface area contributed by atoms with Crippen LogP contribution in [0.15, 0.2) is 46.9 Å². The molecule has 2 aromatic rings. The van der Waals surface area contributed by atoms with Crippen molar-refractivity contribution in [1.29, 1.82) is 0 Å². The molecule has 0 aliphatic rings. The third-order valence-electron chi connectivity index (χ3n) is 2.54. The maximum atomic E-state index is 11.9. The molecule has 0 radical (unpaired) electrons. The van der Waals surface area contributed by atoms with Crippen molar-refractivity contribution in [2.45, 2.75) is 6.42 Å². The number of aromatic hydroxyl groups is 1. The lowest BCUT2D eigenvalue weighted by Gasteiger charge is -2.08. The number of nitrogens with two attached hydrogens (primary N) is 1. The molecular formula is C14H13BrN2O2. The molecule has 1 amide bonds. The van der Waals surface area contributed by atoms with Gasteiger partial charge in [-0.3, -0.25) is 4.79 Å². The van der Waals surface area contributed by atoms with Crippen LogP contribution in [-0.4, -0.2) is 11.0 Å². The van der Waals surface area contributed by atoms with E-state index in [9.17, 15) is 9.90 Å². The average Bonchev–Trinajstić information content (AvgIpc) is 2.33. The zero-order valence-corrected chi connectivity index (χ0v) is 11.6. The summed E-state index contributed by atoms with van der Waals surface area (Å²) in [5.41, 5.74) is 7.67. The molecule has 0 aliphatic heterocycles. The highest BCUT2D eigenvalue weighted by Crippen LogP contribution is 2.24. The van der Waals surface area contributed by atoms with Gasteiger partial charge in [0.25, 0.3) is 0 Å². The van der Waals surface area contributed by atoms with Crippen molar-refractivity contribution in [3.8, 4) is 5.75 Å². The van der Waals surface area contributed by atoms with Gasteiger partial charge in [-0.1, -0.05) is 12.1 Å². The maximum Gasteiger partial charge on any atom is 0.228 e. The first kappa shape index (κ1) is 13.4. The fourth-order valence-corrected chi connectivity index (χ4v) is 2.17. The molecule has 4 nitrogen and oxygen atoms in total. The Bertz CT molecular complexity index is 614. The predicted molar refractivity (Wildman–Crippen MR) is 79.0 cm³/mol. The highest BCUT2D eigenvalue weighted by molar-refractivity contribution is 9.10. The van der Waals surface area contributed by atoms with Gasteiger partial charge in [-0.15, -0.1) is 0 Å². The van der Waals surface area contributed by atoms with Gasteiger partial charge in [0.15, 0.2) is 0 Å². The first-order valence-electron chi connectivity index (χ1n) is 5.67. The van der Waals surface area contributed by atoms with Gasteiger partial charge in [0.2, 0.25) is 5.91 Å². The topological polar surface area (TPSA) is 75.3 Å². The zero-order valence-electron chi connectivity index (χ0n) is 10.1. The highest BCUT2D eigenvalue weighted by atomic mass is 79.9. The molecular weight excluding hydrogens is 308 g/mol. The highest BCUT2D eigenvalue weighted by Gasteiger charge is 2.07. The minimum atomic E-state index is -0.156. The fourth-order valence-electron chi connectivity index (χ4n) is 1.68. The third kappa shape index (κ3) is 3.72. The fraction of sp³-hybridized carbons (Fsp3) is 0.0714. The van der Waals surface area contributed by atoms with Crippen molar-refractivity contribution in [2.24, 2.45) is 0 Å². The van der Waals surface area contributed by atoms with Crippen LogP contribution >= 0.6 is 15.9 Å². The minimum absolute atomic E-state index is 0.152. The number of nitrogen functional groups attached to an aromatic ring is 1. The van der Waals surface area contributed by atoms with Crippen LogP contribution in [0.3, 0.4) is 0 Å². The molecule has 0 aromatic heterocycles. The molecule has 5 heteroatoms. The van der Waals surface area contributed by atoms with E-state index in [4.69, 9.17) is 5.73 Å². The van der Waals surface area contributed by atoms with Crippen molar-refractivity contribution in [3.05, 3.63) is 52.5 Å². The zero-order chi connectivity index (χ0) is 13.8. The molecule has 98 valence electrons. The summed E-state index contributed by atoms with van der Waals surface area (Å²) in [6, 6.07) is 11.8. The van der Waals surface area contributed by atoms with Crippen LogP contribution in [0.1, 0.15) is 5.56 Å². The number of carbonyl (C=O) groups is 1. The number of hydrogen-bond donors (Lipinski definition) is 3. The van der Waals surface area contributed by atoms with Gasteiger partial charge in [0.1, 0.15) is 5.75 Å². The van der Waals surface area contributed by atoms with Gasteiger partial charge in [-0.25, -0.2) is 0 Å². The molecule has 0 spiro atoms. The van der Waals surface area contributed by atoms with Crippen LogP contribution in [0.2, 0.25) is 0 Å². The normalized spacial score (nSPS) is 10.2. The van der Waals surface area contributed by atoms with Crippen molar-refractivity contribution in [3.63, 3.8) is 0 Å². The van der Waals surface area contributed by atoms with Crippen molar-refractivity contribution in [2.75, 3.05) is 11.1 Å². The maximum absolute atomic E-state index is 11.9. The average molecular weight is 321 g/mol. The number of rotatable bonds is 3. The van der Waals surface area contributed by atoms with E-state index in [1.165, 1.54) is 0 Å². The smallest absolute Gasteiger partial charge is 0.228 e. The minimum Gasteiger partial charge on any atom is -0.508 e. The van der Waals surface area contributed by atoms with Crippen LogP contribution < -0.4 is 11.1 Å². The molecule has 19 heavy (non-hydrogen) atoms. The summed E-state index contributed by atoms with van der Waals surface area (Å²) in [7, 11) is 0. The number of amides is 1. The van der Waals surface area contributed by atoms with E-state index in [1.807, 2.05) is 0 Å². The quantitative estimate of drug-likeness (QED) is 0.761. The Morgan fingerprint density at radius 1 is 1.26 bits per heavy atom. The number of anilines is 2. The predicted octanol–water partition coefficient (Wildman–Crippen LogP) is 2.92. The van der Waals surface area contributed by atoms with E-state index >= 15 is 0 Å². The summed E-state index contributed by atoms with van der Waals surface area (Å²) >= 11 is 3.34. The van der Waals surface area contributed by atoms with Gasteiger partial charge < -0.3 is 16.2 Å². The van der Waals surface area contributed by atoms with Crippen LogP contribution in [0.4, 0.5) is 11.4 Å².